The minimum atomic E-state index is -4.67. The standard InChI is InChI=1S/C28H34ClF3N8O2/c1-4-18-15-19(5-6-20(18)26(41)35-10-14-42-13-8-33)37-24-25-36-16-22(40(25)12-9-34-24)21-17-39(11-7-27(2,3)29)38-23(21)28(30,31)32/h5-6,9,12,15-17H,4,7-8,10-11,13-14,33H2,1-3H3,(H,34,37)(H,35,41). The number of halogens is 4. The Kier molecular flexibility index (Phi) is 9.74. The minimum absolute atomic E-state index is 0.100. The van der Waals surface area contributed by atoms with Gasteiger partial charge in [-0.05, 0) is 50.5 Å². The maximum absolute atomic E-state index is 14.0. The first-order valence-corrected chi connectivity index (χ1v) is 13.9. The molecule has 4 N–H and O–H groups in total. The Morgan fingerprint density at radius 1 is 1.19 bits per heavy atom. The average Bonchev–Trinajstić information content (AvgIpc) is 3.56. The monoisotopic (exact) mass is 606 g/mol. The second kappa shape index (κ2) is 13.1. The van der Waals surface area contributed by atoms with Gasteiger partial charge < -0.3 is 21.1 Å². The van der Waals surface area contributed by atoms with E-state index in [4.69, 9.17) is 22.1 Å². The summed E-state index contributed by atoms with van der Waals surface area (Å²) >= 11 is 6.24. The molecule has 0 atom stereocenters. The van der Waals surface area contributed by atoms with Crippen molar-refractivity contribution < 1.29 is 22.7 Å². The van der Waals surface area contributed by atoms with Gasteiger partial charge in [0.25, 0.3) is 5.91 Å². The molecule has 3 aromatic heterocycles. The normalized spacial score (nSPS) is 12.2. The molecule has 42 heavy (non-hydrogen) atoms. The lowest BCUT2D eigenvalue weighted by atomic mass is 10.0. The molecule has 226 valence electrons. The first kappa shape index (κ1) is 31.3. The third-order valence-electron chi connectivity index (χ3n) is 6.46. The number of anilines is 2. The highest BCUT2D eigenvalue weighted by Crippen LogP contribution is 2.37. The predicted molar refractivity (Wildman–Crippen MR) is 155 cm³/mol. The van der Waals surface area contributed by atoms with Crippen LogP contribution in [-0.2, 0) is 23.9 Å². The number of hydrogen-bond donors (Lipinski definition) is 3. The van der Waals surface area contributed by atoms with E-state index in [9.17, 15) is 18.0 Å². The van der Waals surface area contributed by atoms with Gasteiger partial charge in [0.2, 0.25) is 0 Å². The topological polar surface area (TPSA) is 124 Å². The Balaban J connectivity index is 1.59. The van der Waals surface area contributed by atoms with Crippen LogP contribution in [0.4, 0.5) is 24.7 Å². The summed E-state index contributed by atoms with van der Waals surface area (Å²) < 4.78 is 50.0. The van der Waals surface area contributed by atoms with Crippen LogP contribution >= 0.6 is 11.6 Å². The number of carbonyl (C=O) groups is 1. The lowest BCUT2D eigenvalue weighted by Gasteiger charge is -2.14. The van der Waals surface area contributed by atoms with Crippen molar-refractivity contribution in [2.45, 2.75) is 51.2 Å². The van der Waals surface area contributed by atoms with Gasteiger partial charge in [0.15, 0.2) is 17.2 Å². The molecule has 10 nitrogen and oxygen atoms in total. The number of nitrogens with two attached hydrogens (primary N) is 1. The van der Waals surface area contributed by atoms with Crippen LogP contribution in [0.2, 0.25) is 0 Å². The highest BCUT2D eigenvalue weighted by molar-refractivity contribution is 6.23. The number of nitrogens with zero attached hydrogens (tertiary/aromatic N) is 5. The highest BCUT2D eigenvalue weighted by atomic mass is 35.5. The molecule has 0 fully saturated rings. The summed E-state index contributed by atoms with van der Waals surface area (Å²) in [6.07, 6.45) is 2.11. The molecule has 0 saturated carbocycles. The van der Waals surface area contributed by atoms with E-state index in [1.807, 2.05) is 13.0 Å². The first-order valence-electron chi connectivity index (χ1n) is 13.5. The zero-order chi connectivity index (χ0) is 30.5. The highest BCUT2D eigenvalue weighted by Gasteiger charge is 2.38. The number of aryl methyl sites for hydroxylation is 2. The summed E-state index contributed by atoms with van der Waals surface area (Å²) in [5, 5.41) is 9.85. The number of amides is 1. The fraction of sp³-hybridized carbons (Fsp3) is 0.429. The Bertz CT molecular complexity index is 1530. The van der Waals surface area contributed by atoms with Crippen LogP contribution in [0.3, 0.4) is 0 Å². The number of rotatable bonds is 13. The van der Waals surface area contributed by atoms with E-state index < -0.39 is 16.7 Å². The van der Waals surface area contributed by atoms with Gasteiger partial charge in [0.1, 0.15) is 0 Å². The maximum atomic E-state index is 14.0. The van der Waals surface area contributed by atoms with Crippen LogP contribution in [0.25, 0.3) is 16.9 Å². The second-order valence-electron chi connectivity index (χ2n) is 10.2. The third kappa shape index (κ3) is 7.58. The zero-order valence-electron chi connectivity index (χ0n) is 23.6. The van der Waals surface area contributed by atoms with Gasteiger partial charge in [-0.2, -0.15) is 18.3 Å². The van der Waals surface area contributed by atoms with Gasteiger partial charge in [-0.25, -0.2) is 9.97 Å². The van der Waals surface area contributed by atoms with E-state index >= 15 is 0 Å². The molecular weight excluding hydrogens is 573 g/mol. The third-order valence-corrected chi connectivity index (χ3v) is 6.65. The Hall–Kier alpha value is -3.68. The fourth-order valence-corrected chi connectivity index (χ4v) is 4.44. The van der Waals surface area contributed by atoms with Gasteiger partial charge in [0, 0.05) is 54.3 Å². The molecule has 0 radical (unpaired) electrons. The molecule has 1 amide bonds. The van der Waals surface area contributed by atoms with Crippen LogP contribution in [0.5, 0.6) is 0 Å². The van der Waals surface area contributed by atoms with E-state index in [1.54, 1.807) is 32.2 Å². The molecule has 4 rings (SSSR count). The molecule has 4 aromatic rings. The molecule has 0 bridgehead atoms. The smallest absolute Gasteiger partial charge is 0.378 e. The molecule has 0 unspecified atom stereocenters. The first-order chi connectivity index (χ1) is 19.9. The lowest BCUT2D eigenvalue weighted by molar-refractivity contribution is -0.141. The summed E-state index contributed by atoms with van der Waals surface area (Å²) in [6.45, 7) is 7.31. The Labute approximate surface area is 246 Å². The maximum Gasteiger partial charge on any atom is 0.435 e. The number of aromatic nitrogens is 5. The average molecular weight is 607 g/mol. The van der Waals surface area contributed by atoms with Crippen molar-refractivity contribution >= 4 is 34.7 Å². The van der Waals surface area contributed by atoms with Crippen molar-refractivity contribution in [2.24, 2.45) is 5.73 Å². The second-order valence-corrected chi connectivity index (χ2v) is 11.3. The summed E-state index contributed by atoms with van der Waals surface area (Å²) in [5.74, 6) is 0.119. The van der Waals surface area contributed by atoms with Gasteiger partial charge in [-0.1, -0.05) is 6.92 Å². The summed E-state index contributed by atoms with van der Waals surface area (Å²) in [5.41, 5.74) is 6.82. The van der Waals surface area contributed by atoms with Crippen LogP contribution in [-0.4, -0.2) is 61.2 Å². The largest absolute Gasteiger partial charge is 0.435 e. The summed E-state index contributed by atoms with van der Waals surface area (Å²) in [7, 11) is 0. The van der Waals surface area contributed by atoms with Gasteiger partial charge in [0.05, 0.1) is 30.7 Å². The summed E-state index contributed by atoms with van der Waals surface area (Å²) in [4.78, 5) is 20.9. The Morgan fingerprint density at radius 2 is 1.98 bits per heavy atom. The number of hydrogen-bond acceptors (Lipinski definition) is 7. The quantitative estimate of drug-likeness (QED) is 0.144. The zero-order valence-corrected chi connectivity index (χ0v) is 24.4. The van der Waals surface area contributed by atoms with Crippen molar-refractivity contribution in [1.29, 1.82) is 0 Å². The molecular formula is C28H34ClF3N8O2. The van der Waals surface area contributed by atoms with E-state index in [-0.39, 0.29) is 23.7 Å². The molecule has 14 heteroatoms. The molecule has 1 aromatic carbocycles. The van der Waals surface area contributed by atoms with Crippen molar-refractivity contribution in [3.8, 4) is 11.3 Å². The van der Waals surface area contributed by atoms with Crippen molar-refractivity contribution in [3.63, 3.8) is 0 Å². The number of imidazole rings is 1. The van der Waals surface area contributed by atoms with Gasteiger partial charge >= 0.3 is 6.18 Å². The number of alkyl halides is 4. The number of benzene rings is 1. The number of carbonyl (C=O) groups excluding carboxylic acids is 1. The SMILES string of the molecule is CCc1cc(Nc2nccn3c(-c4cn(CCC(C)(C)Cl)nc4C(F)(F)F)cnc23)ccc1C(=O)NCCOCCN. The fourth-order valence-electron chi connectivity index (χ4n) is 4.36. The number of ether oxygens (including phenoxy) is 1. The number of nitrogens with one attached hydrogen (secondary N) is 2. The Morgan fingerprint density at radius 3 is 2.67 bits per heavy atom. The predicted octanol–water partition coefficient (Wildman–Crippen LogP) is 5.03. The van der Waals surface area contributed by atoms with Gasteiger partial charge in [-0.15, -0.1) is 11.6 Å². The van der Waals surface area contributed by atoms with E-state index in [0.717, 1.165) is 5.56 Å². The van der Waals surface area contributed by atoms with Gasteiger partial charge in [-0.3, -0.25) is 13.9 Å². The van der Waals surface area contributed by atoms with Crippen LogP contribution < -0.4 is 16.4 Å². The van der Waals surface area contributed by atoms with Crippen LogP contribution in [0.1, 0.15) is 48.8 Å². The molecule has 0 aliphatic carbocycles. The molecule has 0 spiro atoms. The van der Waals surface area contributed by atoms with Crippen molar-refractivity contribution in [3.05, 3.63) is 59.8 Å². The molecule has 0 aliphatic heterocycles. The summed E-state index contributed by atoms with van der Waals surface area (Å²) in [6, 6.07) is 5.28. The van der Waals surface area contributed by atoms with Crippen LogP contribution in [0, 0.1) is 0 Å². The van der Waals surface area contributed by atoms with Crippen molar-refractivity contribution in [2.75, 3.05) is 31.6 Å². The molecule has 0 saturated heterocycles. The van der Waals surface area contributed by atoms with E-state index in [2.05, 4.69) is 25.7 Å². The lowest BCUT2D eigenvalue weighted by Crippen LogP contribution is -2.28. The number of fused-ring (bicyclic) bond motifs is 1. The van der Waals surface area contributed by atoms with Crippen molar-refractivity contribution in [1.82, 2.24) is 29.5 Å². The minimum Gasteiger partial charge on any atom is -0.378 e. The molecule has 3 heterocycles. The van der Waals surface area contributed by atoms with E-state index in [0.29, 0.717) is 61.9 Å². The van der Waals surface area contributed by atoms with Crippen LogP contribution in [0.15, 0.2) is 43.0 Å². The molecule has 0 aliphatic rings. The van der Waals surface area contributed by atoms with E-state index in [1.165, 1.54) is 27.7 Å².